The van der Waals surface area contributed by atoms with E-state index in [9.17, 15) is 4.79 Å². The summed E-state index contributed by atoms with van der Waals surface area (Å²) in [5.41, 5.74) is 0. The molecule has 1 atom stereocenters. The van der Waals surface area contributed by atoms with E-state index in [0.29, 0.717) is 0 Å². The van der Waals surface area contributed by atoms with Gasteiger partial charge in [-0.3, -0.25) is 0 Å². The van der Waals surface area contributed by atoms with Crippen molar-refractivity contribution in [3.63, 3.8) is 0 Å². The summed E-state index contributed by atoms with van der Waals surface area (Å²) in [6.45, 7) is 5.47. The molecule has 1 N–H and O–H groups in total. The predicted octanol–water partition coefficient (Wildman–Crippen LogP) is 0.223. The summed E-state index contributed by atoms with van der Waals surface area (Å²) in [7, 11) is 3.96. The number of rotatable bonds is 2. The molecule has 1 fully saturated rings. The van der Waals surface area contributed by atoms with E-state index >= 15 is 0 Å². The second kappa shape index (κ2) is 6.01. The summed E-state index contributed by atoms with van der Waals surface area (Å²) in [4.78, 5) is 16.3. The van der Waals surface area contributed by atoms with Gasteiger partial charge in [0.15, 0.2) is 5.82 Å². The summed E-state index contributed by atoms with van der Waals surface area (Å²) in [5, 5.41) is 10.8. The zero-order chi connectivity index (χ0) is 13.8. The van der Waals surface area contributed by atoms with Crippen molar-refractivity contribution in [2.24, 2.45) is 7.05 Å². The fourth-order valence-corrected chi connectivity index (χ4v) is 2.27. The average Bonchev–Trinajstić information content (AvgIpc) is 2.67. The lowest BCUT2D eigenvalue weighted by atomic mass is 10.3. The van der Waals surface area contributed by atoms with Crippen molar-refractivity contribution >= 4 is 6.03 Å². The zero-order valence-electron chi connectivity index (χ0n) is 11.8. The van der Waals surface area contributed by atoms with E-state index in [1.165, 1.54) is 0 Å². The maximum Gasteiger partial charge on any atom is 0.318 e. The number of nitrogens with zero attached hydrogens (tertiary/aromatic N) is 5. The minimum atomic E-state index is -0.138. The van der Waals surface area contributed by atoms with Gasteiger partial charge in [0.1, 0.15) is 6.33 Å². The largest absolute Gasteiger partial charge is 0.328 e. The highest BCUT2D eigenvalue weighted by molar-refractivity contribution is 5.74. The highest BCUT2D eigenvalue weighted by Crippen LogP contribution is 2.09. The molecule has 7 nitrogen and oxygen atoms in total. The van der Waals surface area contributed by atoms with Crippen molar-refractivity contribution in [3.05, 3.63) is 12.2 Å². The van der Waals surface area contributed by atoms with Crippen LogP contribution < -0.4 is 5.32 Å². The molecule has 0 aliphatic carbocycles. The van der Waals surface area contributed by atoms with Crippen LogP contribution in [0, 0.1) is 0 Å². The maximum atomic E-state index is 12.2. The summed E-state index contributed by atoms with van der Waals surface area (Å²) >= 11 is 0. The Morgan fingerprint density at radius 1 is 1.32 bits per heavy atom. The maximum absolute atomic E-state index is 12.2. The summed E-state index contributed by atoms with van der Waals surface area (Å²) in [5.74, 6) is 0.764. The zero-order valence-corrected chi connectivity index (χ0v) is 11.8. The summed E-state index contributed by atoms with van der Waals surface area (Å²) in [6, 6.07) is -0.160. The van der Waals surface area contributed by atoms with Gasteiger partial charge in [-0.1, -0.05) is 0 Å². The smallest absolute Gasteiger partial charge is 0.318 e. The number of aryl methyl sites for hydroxylation is 1. The van der Waals surface area contributed by atoms with Gasteiger partial charge < -0.3 is 19.7 Å². The Morgan fingerprint density at radius 2 is 2.11 bits per heavy atom. The van der Waals surface area contributed by atoms with Crippen molar-refractivity contribution in [1.29, 1.82) is 0 Å². The van der Waals surface area contributed by atoms with Gasteiger partial charge >= 0.3 is 6.03 Å². The van der Waals surface area contributed by atoms with Crippen LogP contribution in [-0.4, -0.2) is 63.8 Å². The first-order valence-corrected chi connectivity index (χ1v) is 6.66. The number of nitrogens with one attached hydrogen (secondary N) is 1. The van der Waals surface area contributed by atoms with Crippen molar-refractivity contribution in [2.75, 3.05) is 33.2 Å². The Labute approximate surface area is 113 Å². The first-order valence-electron chi connectivity index (χ1n) is 6.66. The molecule has 0 bridgehead atoms. The van der Waals surface area contributed by atoms with Crippen molar-refractivity contribution in [3.8, 4) is 0 Å². The minimum Gasteiger partial charge on any atom is -0.328 e. The summed E-state index contributed by atoms with van der Waals surface area (Å²) in [6.07, 6.45) is 2.65. The van der Waals surface area contributed by atoms with Gasteiger partial charge in [0.05, 0.1) is 6.04 Å². The molecule has 1 aromatic heterocycles. The van der Waals surface area contributed by atoms with Crippen LogP contribution in [-0.2, 0) is 7.05 Å². The molecule has 2 heterocycles. The monoisotopic (exact) mass is 266 g/mol. The Balaban J connectivity index is 1.91. The first kappa shape index (κ1) is 13.8. The Hall–Kier alpha value is -1.63. The molecule has 0 radical (unpaired) electrons. The summed E-state index contributed by atoms with van der Waals surface area (Å²) < 4.78 is 1.82. The Bertz CT molecular complexity index is 432. The lowest BCUT2D eigenvalue weighted by Crippen LogP contribution is -2.43. The molecule has 0 saturated carbocycles. The van der Waals surface area contributed by atoms with Gasteiger partial charge in [-0.15, -0.1) is 10.2 Å². The van der Waals surface area contributed by atoms with Gasteiger partial charge in [0.25, 0.3) is 0 Å². The van der Waals surface area contributed by atoms with Crippen molar-refractivity contribution < 1.29 is 4.79 Å². The number of amides is 2. The number of urea groups is 1. The molecule has 7 heteroatoms. The molecule has 1 aliphatic rings. The van der Waals surface area contributed by atoms with Crippen LogP contribution in [0.3, 0.4) is 0 Å². The third-order valence-corrected chi connectivity index (χ3v) is 3.48. The first-order chi connectivity index (χ1) is 9.08. The van der Waals surface area contributed by atoms with E-state index in [4.69, 9.17) is 0 Å². The molecule has 106 valence electrons. The van der Waals surface area contributed by atoms with E-state index in [2.05, 4.69) is 27.5 Å². The fourth-order valence-electron chi connectivity index (χ4n) is 2.27. The molecule has 1 saturated heterocycles. The molecular formula is C12H22N6O. The number of likely N-dealkylation sites (N-methyl/N-ethyl adjacent to an activating group) is 1. The lowest BCUT2D eigenvalue weighted by molar-refractivity contribution is 0.195. The fraction of sp³-hybridized carbons (Fsp3) is 0.750. The van der Waals surface area contributed by atoms with Crippen LogP contribution >= 0.6 is 0 Å². The highest BCUT2D eigenvalue weighted by atomic mass is 16.2. The van der Waals surface area contributed by atoms with Gasteiger partial charge in [-0.25, -0.2) is 4.79 Å². The van der Waals surface area contributed by atoms with Crippen LogP contribution in [0.1, 0.15) is 25.2 Å². The molecule has 1 unspecified atom stereocenters. The van der Waals surface area contributed by atoms with Crippen molar-refractivity contribution in [2.45, 2.75) is 19.4 Å². The Kier molecular flexibility index (Phi) is 4.36. The minimum absolute atomic E-state index is 0.0224. The van der Waals surface area contributed by atoms with Crippen LogP contribution in [0.25, 0.3) is 0 Å². The lowest BCUT2D eigenvalue weighted by Gasteiger charge is -2.23. The number of aromatic nitrogens is 3. The predicted molar refractivity (Wildman–Crippen MR) is 71.6 cm³/mol. The molecule has 0 aromatic carbocycles. The number of hydrogen-bond donors (Lipinski definition) is 1. The van der Waals surface area contributed by atoms with Gasteiger partial charge in [-0.05, 0) is 26.9 Å². The molecule has 19 heavy (non-hydrogen) atoms. The normalized spacial score (nSPS) is 19.0. The topological polar surface area (TPSA) is 66.3 Å². The molecule has 1 aliphatic heterocycles. The van der Waals surface area contributed by atoms with E-state index < -0.39 is 0 Å². The second-order valence-electron chi connectivity index (χ2n) is 5.12. The molecule has 1 aromatic rings. The van der Waals surface area contributed by atoms with Gasteiger partial charge in [0, 0.05) is 26.7 Å². The second-order valence-corrected chi connectivity index (χ2v) is 5.12. The molecular weight excluding hydrogens is 244 g/mol. The van der Waals surface area contributed by atoms with Crippen molar-refractivity contribution in [1.82, 2.24) is 29.9 Å². The third-order valence-electron chi connectivity index (χ3n) is 3.48. The van der Waals surface area contributed by atoms with E-state index in [1.807, 2.05) is 23.4 Å². The van der Waals surface area contributed by atoms with Crippen LogP contribution in [0.5, 0.6) is 0 Å². The van der Waals surface area contributed by atoms with E-state index in [0.717, 1.165) is 38.4 Å². The highest BCUT2D eigenvalue weighted by Gasteiger charge is 2.20. The van der Waals surface area contributed by atoms with Crippen LogP contribution in [0.15, 0.2) is 6.33 Å². The number of carbonyl (C=O) groups excluding carboxylic acids is 1. The molecule has 0 spiro atoms. The third kappa shape index (κ3) is 3.44. The molecule has 2 rings (SSSR count). The SMILES string of the molecule is CC(NC(=O)N1CCCN(C)CC1)c1nncn1C. The number of carbonyl (C=O) groups is 1. The molecule has 2 amide bonds. The van der Waals surface area contributed by atoms with Crippen LogP contribution in [0.4, 0.5) is 4.79 Å². The standard InChI is InChI=1S/C12H22N6O/c1-10(11-15-13-9-17(11)3)14-12(19)18-6-4-5-16(2)7-8-18/h9-10H,4-8H2,1-3H3,(H,14,19). The van der Waals surface area contributed by atoms with Gasteiger partial charge in [-0.2, -0.15) is 0 Å². The number of hydrogen-bond acceptors (Lipinski definition) is 4. The van der Waals surface area contributed by atoms with Crippen LogP contribution in [0.2, 0.25) is 0 Å². The van der Waals surface area contributed by atoms with E-state index in [-0.39, 0.29) is 12.1 Å². The average molecular weight is 266 g/mol. The quantitative estimate of drug-likeness (QED) is 0.832. The van der Waals surface area contributed by atoms with E-state index in [1.54, 1.807) is 6.33 Å². The van der Waals surface area contributed by atoms with Gasteiger partial charge in [0.2, 0.25) is 0 Å². The Morgan fingerprint density at radius 3 is 2.79 bits per heavy atom.